The van der Waals surface area contributed by atoms with E-state index in [0.29, 0.717) is 12.1 Å². The van der Waals surface area contributed by atoms with Crippen molar-refractivity contribution in [2.75, 3.05) is 6.54 Å². The summed E-state index contributed by atoms with van der Waals surface area (Å²) in [5.41, 5.74) is 0.618. The number of carbonyl (C=O) groups excluding carboxylic acids is 1. The molecule has 3 heteroatoms. The van der Waals surface area contributed by atoms with Crippen LogP contribution in [0.1, 0.15) is 10.4 Å². The standard InChI is InChI=1S/C11H10N2O/c14-11(10-5-4-6-12-9-10)13-7-2-1-3-8-13/h1-7,9H,8H2. The van der Waals surface area contributed by atoms with Crippen molar-refractivity contribution in [1.29, 1.82) is 0 Å². The van der Waals surface area contributed by atoms with Gasteiger partial charge in [0.05, 0.1) is 5.56 Å². The molecule has 0 unspecified atom stereocenters. The van der Waals surface area contributed by atoms with Crippen LogP contribution in [0.3, 0.4) is 0 Å². The van der Waals surface area contributed by atoms with E-state index in [4.69, 9.17) is 0 Å². The summed E-state index contributed by atoms with van der Waals surface area (Å²) in [6, 6.07) is 3.53. The van der Waals surface area contributed by atoms with Crippen molar-refractivity contribution in [3.05, 3.63) is 54.5 Å². The average molecular weight is 186 g/mol. The van der Waals surface area contributed by atoms with Crippen LogP contribution in [0.5, 0.6) is 0 Å². The van der Waals surface area contributed by atoms with Crippen LogP contribution in [0.25, 0.3) is 0 Å². The maximum Gasteiger partial charge on any atom is 0.259 e. The minimum absolute atomic E-state index is 0.0151. The molecule has 1 aromatic heterocycles. The number of rotatable bonds is 1. The number of hydrogen-bond acceptors (Lipinski definition) is 2. The number of aromatic nitrogens is 1. The molecular weight excluding hydrogens is 176 g/mol. The Labute approximate surface area is 82.4 Å². The van der Waals surface area contributed by atoms with Gasteiger partial charge in [0.2, 0.25) is 0 Å². The van der Waals surface area contributed by atoms with Crippen LogP contribution >= 0.6 is 0 Å². The van der Waals surface area contributed by atoms with Gasteiger partial charge < -0.3 is 4.90 Å². The van der Waals surface area contributed by atoms with E-state index >= 15 is 0 Å². The van der Waals surface area contributed by atoms with Crippen LogP contribution in [0, 0.1) is 0 Å². The van der Waals surface area contributed by atoms with Crippen LogP contribution in [0.4, 0.5) is 0 Å². The van der Waals surface area contributed by atoms with Crippen molar-refractivity contribution in [2.24, 2.45) is 0 Å². The van der Waals surface area contributed by atoms with Crippen LogP contribution in [-0.2, 0) is 0 Å². The number of hydrogen-bond donors (Lipinski definition) is 0. The molecule has 1 amide bonds. The number of allylic oxidation sites excluding steroid dienone is 2. The number of nitrogens with zero attached hydrogens (tertiary/aromatic N) is 2. The van der Waals surface area contributed by atoms with E-state index in [1.807, 2.05) is 18.2 Å². The highest BCUT2D eigenvalue weighted by Gasteiger charge is 2.12. The van der Waals surface area contributed by atoms with Gasteiger partial charge in [0.25, 0.3) is 5.91 Å². The highest BCUT2D eigenvalue weighted by atomic mass is 16.2. The normalized spacial score (nSPS) is 14.4. The van der Waals surface area contributed by atoms with E-state index in [9.17, 15) is 4.79 Å². The topological polar surface area (TPSA) is 33.2 Å². The monoisotopic (exact) mass is 186 g/mol. The van der Waals surface area contributed by atoms with E-state index in [1.54, 1.807) is 35.6 Å². The smallest absolute Gasteiger partial charge is 0.259 e. The summed E-state index contributed by atoms with van der Waals surface area (Å²) in [6.45, 7) is 0.629. The predicted octanol–water partition coefficient (Wildman–Crippen LogP) is 1.61. The van der Waals surface area contributed by atoms with Crippen molar-refractivity contribution in [3.8, 4) is 0 Å². The fourth-order valence-corrected chi connectivity index (χ4v) is 1.27. The summed E-state index contributed by atoms with van der Waals surface area (Å²) in [5, 5.41) is 0. The van der Waals surface area contributed by atoms with Gasteiger partial charge in [-0.25, -0.2) is 0 Å². The second-order valence-electron chi connectivity index (χ2n) is 2.97. The molecule has 0 spiro atoms. The van der Waals surface area contributed by atoms with Gasteiger partial charge in [-0.05, 0) is 18.2 Å². The molecule has 0 atom stereocenters. The molecule has 0 aliphatic carbocycles. The molecule has 0 fully saturated rings. The zero-order valence-corrected chi connectivity index (χ0v) is 7.63. The lowest BCUT2D eigenvalue weighted by Gasteiger charge is -2.17. The van der Waals surface area contributed by atoms with Gasteiger partial charge in [0, 0.05) is 25.1 Å². The van der Waals surface area contributed by atoms with Gasteiger partial charge >= 0.3 is 0 Å². The lowest BCUT2D eigenvalue weighted by atomic mass is 10.2. The van der Waals surface area contributed by atoms with Crippen LogP contribution in [0.15, 0.2) is 49.0 Å². The minimum Gasteiger partial charge on any atom is -0.311 e. The van der Waals surface area contributed by atoms with Gasteiger partial charge in [0.15, 0.2) is 0 Å². The van der Waals surface area contributed by atoms with Gasteiger partial charge in [-0.2, -0.15) is 0 Å². The zero-order chi connectivity index (χ0) is 9.80. The van der Waals surface area contributed by atoms with Crippen molar-refractivity contribution >= 4 is 5.91 Å². The molecule has 2 rings (SSSR count). The van der Waals surface area contributed by atoms with Gasteiger partial charge in [0.1, 0.15) is 0 Å². The molecule has 0 radical (unpaired) electrons. The third kappa shape index (κ3) is 1.71. The predicted molar refractivity (Wildman–Crippen MR) is 53.6 cm³/mol. The molecule has 0 bridgehead atoms. The third-order valence-corrected chi connectivity index (χ3v) is 1.98. The van der Waals surface area contributed by atoms with Crippen molar-refractivity contribution < 1.29 is 4.79 Å². The molecule has 70 valence electrons. The number of carbonyl (C=O) groups is 1. The fraction of sp³-hybridized carbons (Fsp3) is 0.0909. The molecule has 0 saturated heterocycles. The Balaban J connectivity index is 2.17. The van der Waals surface area contributed by atoms with E-state index in [-0.39, 0.29) is 5.91 Å². The molecule has 1 aliphatic heterocycles. The lowest BCUT2D eigenvalue weighted by molar-refractivity contribution is 0.0833. The molecule has 3 nitrogen and oxygen atoms in total. The Morgan fingerprint density at radius 2 is 2.36 bits per heavy atom. The molecule has 1 aromatic rings. The van der Waals surface area contributed by atoms with Crippen molar-refractivity contribution in [1.82, 2.24) is 9.88 Å². The van der Waals surface area contributed by atoms with Crippen LogP contribution in [-0.4, -0.2) is 22.3 Å². The Kier molecular flexibility index (Phi) is 2.40. The number of amides is 1. The highest BCUT2D eigenvalue weighted by Crippen LogP contribution is 2.06. The van der Waals surface area contributed by atoms with E-state index in [2.05, 4.69) is 4.98 Å². The quantitative estimate of drug-likeness (QED) is 0.667. The summed E-state index contributed by atoms with van der Waals surface area (Å²) in [7, 11) is 0. The first-order valence-electron chi connectivity index (χ1n) is 4.42. The maximum absolute atomic E-state index is 11.8. The van der Waals surface area contributed by atoms with Gasteiger partial charge in [-0.1, -0.05) is 12.2 Å². The molecule has 0 aromatic carbocycles. The second kappa shape index (κ2) is 3.87. The third-order valence-electron chi connectivity index (χ3n) is 1.98. The zero-order valence-electron chi connectivity index (χ0n) is 7.63. The SMILES string of the molecule is O=C(c1cccnc1)N1C=CC=CC1. The van der Waals surface area contributed by atoms with E-state index in [1.165, 1.54) is 0 Å². The largest absolute Gasteiger partial charge is 0.311 e. The number of pyridine rings is 1. The molecule has 0 saturated carbocycles. The molecule has 1 aliphatic rings. The second-order valence-corrected chi connectivity index (χ2v) is 2.97. The van der Waals surface area contributed by atoms with E-state index < -0.39 is 0 Å². The van der Waals surface area contributed by atoms with Crippen molar-refractivity contribution in [3.63, 3.8) is 0 Å². The van der Waals surface area contributed by atoms with Gasteiger partial charge in [-0.3, -0.25) is 9.78 Å². The molecule has 14 heavy (non-hydrogen) atoms. The summed E-state index contributed by atoms with van der Waals surface area (Å²) in [4.78, 5) is 17.4. The molecule has 0 N–H and O–H groups in total. The van der Waals surface area contributed by atoms with Crippen LogP contribution < -0.4 is 0 Å². The Hall–Kier alpha value is -1.90. The first kappa shape index (κ1) is 8.69. The molecule has 2 heterocycles. The first-order valence-corrected chi connectivity index (χ1v) is 4.42. The summed E-state index contributed by atoms with van der Waals surface area (Å²) in [6.07, 6.45) is 10.7. The van der Waals surface area contributed by atoms with E-state index in [0.717, 1.165) is 0 Å². The highest BCUT2D eigenvalue weighted by molar-refractivity contribution is 5.94. The molecular formula is C11H10N2O. The first-order chi connectivity index (χ1) is 6.88. The van der Waals surface area contributed by atoms with Gasteiger partial charge in [-0.15, -0.1) is 0 Å². The maximum atomic E-state index is 11.8. The Morgan fingerprint density at radius 3 is 3.00 bits per heavy atom. The Morgan fingerprint density at radius 1 is 1.43 bits per heavy atom. The van der Waals surface area contributed by atoms with Crippen molar-refractivity contribution in [2.45, 2.75) is 0 Å². The Bertz CT molecular complexity index is 382. The summed E-state index contributed by atoms with van der Waals surface area (Å²) in [5.74, 6) is -0.0151. The lowest BCUT2D eigenvalue weighted by Crippen LogP contribution is -2.26. The van der Waals surface area contributed by atoms with Crippen LogP contribution in [0.2, 0.25) is 0 Å². The minimum atomic E-state index is -0.0151. The fourth-order valence-electron chi connectivity index (χ4n) is 1.27. The average Bonchev–Trinajstić information content (AvgIpc) is 2.30. The summed E-state index contributed by atoms with van der Waals surface area (Å²) < 4.78 is 0. The summed E-state index contributed by atoms with van der Waals surface area (Å²) >= 11 is 0.